The lowest BCUT2D eigenvalue weighted by Crippen LogP contribution is -1.99. The standard InChI is InChI=1S/C20H14ClFN4O3/c21-15-8-14(5-6-17(15)29-10-11-1-3-13(22)4-2-11)24-19-18-12(9-23-26-19)7-16(25-18)20(27)28/h1-9,25H,10H2,(H,24,26)(H,27,28). The fraction of sp³-hybridized carbons (Fsp3) is 0.0500. The number of benzene rings is 2. The van der Waals surface area contributed by atoms with E-state index in [1.807, 2.05) is 0 Å². The second kappa shape index (κ2) is 7.76. The van der Waals surface area contributed by atoms with Crippen molar-refractivity contribution in [1.82, 2.24) is 15.2 Å². The zero-order valence-electron chi connectivity index (χ0n) is 14.8. The number of hydrogen-bond donors (Lipinski definition) is 3. The molecule has 0 radical (unpaired) electrons. The zero-order chi connectivity index (χ0) is 20.4. The average Bonchev–Trinajstić information content (AvgIpc) is 3.14. The summed E-state index contributed by atoms with van der Waals surface area (Å²) < 4.78 is 18.7. The quantitative estimate of drug-likeness (QED) is 0.421. The van der Waals surface area contributed by atoms with Crippen molar-refractivity contribution < 1.29 is 19.0 Å². The van der Waals surface area contributed by atoms with Crippen molar-refractivity contribution in [3.8, 4) is 5.75 Å². The zero-order valence-corrected chi connectivity index (χ0v) is 15.6. The van der Waals surface area contributed by atoms with Crippen LogP contribution in [0.5, 0.6) is 5.75 Å². The normalized spacial score (nSPS) is 10.8. The van der Waals surface area contributed by atoms with E-state index >= 15 is 0 Å². The Labute approximate surface area is 169 Å². The van der Waals surface area contributed by atoms with Gasteiger partial charge in [0.05, 0.1) is 16.7 Å². The minimum Gasteiger partial charge on any atom is -0.487 e. The van der Waals surface area contributed by atoms with Crippen LogP contribution in [0, 0.1) is 5.82 Å². The Morgan fingerprint density at radius 2 is 2.00 bits per heavy atom. The summed E-state index contributed by atoms with van der Waals surface area (Å²) in [7, 11) is 0. The van der Waals surface area contributed by atoms with Crippen LogP contribution in [0.15, 0.2) is 54.7 Å². The molecule has 0 aliphatic carbocycles. The molecule has 0 atom stereocenters. The van der Waals surface area contributed by atoms with Crippen LogP contribution in [0.4, 0.5) is 15.9 Å². The third kappa shape index (κ3) is 4.12. The Kier molecular flexibility index (Phi) is 5.01. The molecule has 9 heteroatoms. The lowest BCUT2D eigenvalue weighted by Gasteiger charge is -2.11. The first-order chi connectivity index (χ1) is 14.0. The third-order valence-electron chi connectivity index (χ3n) is 4.17. The van der Waals surface area contributed by atoms with Gasteiger partial charge in [-0.15, -0.1) is 5.10 Å². The fourth-order valence-electron chi connectivity index (χ4n) is 2.74. The van der Waals surface area contributed by atoms with Crippen molar-refractivity contribution in [2.24, 2.45) is 0 Å². The highest BCUT2D eigenvalue weighted by atomic mass is 35.5. The van der Waals surface area contributed by atoms with Crippen LogP contribution in [0.1, 0.15) is 16.1 Å². The van der Waals surface area contributed by atoms with E-state index in [-0.39, 0.29) is 18.1 Å². The molecule has 2 aromatic heterocycles. The minimum atomic E-state index is -1.07. The molecule has 7 nitrogen and oxygen atoms in total. The maximum atomic E-state index is 13.0. The number of rotatable bonds is 6. The van der Waals surface area contributed by atoms with Crippen LogP contribution in [0.25, 0.3) is 10.9 Å². The van der Waals surface area contributed by atoms with Gasteiger partial charge in [0.15, 0.2) is 5.82 Å². The van der Waals surface area contributed by atoms with Gasteiger partial charge in [-0.25, -0.2) is 9.18 Å². The third-order valence-corrected chi connectivity index (χ3v) is 4.47. The highest BCUT2D eigenvalue weighted by Crippen LogP contribution is 2.31. The van der Waals surface area contributed by atoms with Gasteiger partial charge < -0.3 is 20.1 Å². The van der Waals surface area contributed by atoms with Crippen LogP contribution in [0.2, 0.25) is 5.02 Å². The van der Waals surface area contributed by atoms with Gasteiger partial charge in [-0.3, -0.25) is 0 Å². The number of aromatic nitrogens is 3. The molecule has 0 aliphatic rings. The van der Waals surface area contributed by atoms with Crippen molar-refractivity contribution in [3.05, 3.63) is 76.8 Å². The van der Waals surface area contributed by atoms with Gasteiger partial charge in [-0.1, -0.05) is 23.7 Å². The van der Waals surface area contributed by atoms with Crippen LogP contribution >= 0.6 is 11.6 Å². The second-order valence-electron chi connectivity index (χ2n) is 6.20. The first kappa shape index (κ1) is 18.7. The van der Waals surface area contributed by atoms with Crippen molar-refractivity contribution in [2.45, 2.75) is 6.61 Å². The highest BCUT2D eigenvalue weighted by molar-refractivity contribution is 6.32. The average molecular weight is 413 g/mol. The summed E-state index contributed by atoms with van der Waals surface area (Å²) >= 11 is 6.30. The maximum Gasteiger partial charge on any atom is 0.352 e. The maximum absolute atomic E-state index is 13.0. The van der Waals surface area contributed by atoms with E-state index in [2.05, 4.69) is 20.5 Å². The number of nitrogens with one attached hydrogen (secondary N) is 2. The fourth-order valence-corrected chi connectivity index (χ4v) is 2.98. The summed E-state index contributed by atoms with van der Waals surface area (Å²) in [4.78, 5) is 14.0. The summed E-state index contributed by atoms with van der Waals surface area (Å²) in [5.41, 5.74) is 2.00. The van der Waals surface area contributed by atoms with Gasteiger partial charge in [0.1, 0.15) is 23.9 Å². The molecule has 29 heavy (non-hydrogen) atoms. The lowest BCUT2D eigenvalue weighted by molar-refractivity contribution is 0.0691. The number of carbonyl (C=O) groups is 1. The number of hydrogen-bond acceptors (Lipinski definition) is 5. The van der Waals surface area contributed by atoms with Gasteiger partial charge >= 0.3 is 5.97 Å². The molecule has 0 saturated heterocycles. The van der Waals surface area contributed by atoms with Gasteiger partial charge in [0.25, 0.3) is 0 Å². The number of halogens is 2. The number of H-pyrrole nitrogens is 1. The lowest BCUT2D eigenvalue weighted by atomic mass is 10.2. The molecule has 2 aromatic carbocycles. The molecule has 0 amide bonds. The van der Waals surface area contributed by atoms with Crippen molar-refractivity contribution in [1.29, 1.82) is 0 Å². The van der Waals surface area contributed by atoms with Crippen molar-refractivity contribution in [2.75, 3.05) is 5.32 Å². The molecule has 0 fully saturated rings. The second-order valence-corrected chi connectivity index (χ2v) is 6.60. The van der Waals surface area contributed by atoms with E-state index in [1.165, 1.54) is 24.4 Å². The minimum absolute atomic E-state index is 0.0421. The number of fused-ring (bicyclic) bond motifs is 1. The summed E-state index contributed by atoms with van der Waals surface area (Å²) in [5.74, 6) is -0.541. The molecule has 3 N–H and O–H groups in total. The molecule has 146 valence electrons. The highest BCUT2D eigenvalue weighted by Gasteiger charge is 2.13. The number of carboxylic acids is 1. The number of aromatic carboxylic acids is 1. The van der Waals surface area contributed by atoms with Crippen LogP contribution in [0.3, 0.4) is 0 Å². The van der Waals surface area contributed by atoms with E-state index in [1.54, 1.807) is 30.3 Å². The molecule has 0 saturated carbocycles. The molecule has 2 heterocycles. The SMILES string of the molecule is O=C(O)c1cc2cnnc(Nc3ccc(OCc4ccc(F)cc4)c(Cl)c3)c2[nH]1. The van der Waals surface area contributed by atoms with E-state index in [0.717, 1.165) is 5.56 Å². The molecule has 0 bridgehead atoms. The monoisotopic (exact) mass is 412 g/mol. The molecular weight excluding hydrogens is 399 g/mol. The Bertz CT molecular complexity index is 1190. The first-order valence-electron chi connectivity index (χ1n) is 8.51. The number of ether oxygens (including phenoxy) is 1. The molecular formula is C20H14ClFN4O3. The summed E-state index contributed by atoms with van der Waals surface area (Å²) in [6, 6.07) is 12.6. The Balaban J connectivity index is 1.51. The molecule has 0 unspecified atom stereocenters. The van der Waals surface area contributed by atoms with E-state index in [4.69, 9.17) is 21.4 Å². The number of carboxylic acid groups (broad SMARTS) is 1. The summed E-state index contributed by atoms with van der Waals surface area (Å²) in [5, 5.41) is 21.1. The van der Waals surface area contributed by atoms with E-state index < -0.39 is 5.97 Å². The smallest absolute Gasteiger partial charge is 0.352 e. The van der Waals surface area contributed by atoms with Crippen LogP contribution < -0.4 is 10.1 Å². The van der Waals surface area contributed by atoms with Gasteiger partial charge in [0.2, 0.25) is 0 Å². The summed E-state index contributed by atoms with van der Waals surface area (Å²) in [6.07, 6.45) is 1.48. The van der Waals surface area contributed by atoms with Gasteiger partial charge in [-0.05, 0) is 42.0 Å². The molecule has 4 aromatic rings. The molecule has 0 aliphatic heterocycles. The van der Waals surface area contributed by atoms with Crippen LogP contribution in [-0.4, -0.2) is 26.3 Å². The van der Waals surface area contributed by atoms with Crippen molar-refractivity contribution >= 4 is 40.0 Å². The number of aromatic amines is 1. The summed E-state index contributed by atoms with van der Waals surface area (Å²) in [6.45, 7) is 0.248. The van der Waals surface area contributed by atoms with Gasteiger partial charge in [0, 0.05) is 11.1 Å². The molecule has 4 rings (SSSR count). The van der Waals surface area contributed by atoms with Gasteiger partial charge in [-0.2, -0.15) is 5.10 Å². The Hall–Kier alpha value is -3.65. The number of nitrogens with zero attached hydrogens (tertiary/aromatic N) is 2. The van der Waals surface area contributed by atoms with Crippen LogP contribution in [-0.2, 0) is 6.61 Å². The largest absolute Gasteiger partial charge is 0.487 e. The molecule has 0 spiro atoms. The topological polar surface area (TPSA) is 100 Å². The predicted octanol–water partition coefficient (Wildman–Crippen LogP) is 4.77. The van der Waals surface area contributed by atoms with E-state index in [0.29, 0.717) is 33.2 Å². The number of anilines is 2. The first-order valence-corrected chi connectivity index (χ1v) is 8.89. The Morgan fingerprint density at radius 3 is 2.72 bits per heavy atom. The Morgan fingerprint density at radius 1 is 1.21 bits per heavy atom. The predicted molar refractivity (Wildman–Crippen MR) is 106 cm³/mol. The van der Waals surface area contributed by atoms with E-state index in [9.17, 15) is 9.18 Å². The van der Waals surface area contributed by atoms with Crippen molar-refractivity contribution in [3.63, 3.8) is 0 Å².